The number of fused-ring (bicyclic) bond motifs is 2. The lowest BCUT2D eigenvalue weighted by Crippen LogP contribution is -2.43. The molecule has 33 heavy (non-hydrogen) atoms. The summed E-state index contributed by atoms with van der Waals surface area (Å²) in [7, 11) is 0. The Morgan fingerprint density at radius 3 is 2.55 bits per heavy atom. The van der Waals surface area contributed by atoms with E-state index in [-0.39, 0.29) is 16.9 Å². The molecular weight excluding hydrogens is 433 g/mol. The first-order valence-electron chi connectivity index (χ1n) is 10.2. The number of rotatable bonds is 4. The predicted molar refractivity (Wildman–Crippen MR) is 116 cm³/mol. The Morgan fingerprint density at radius 1 is 1.09 bits per heavy atom. The van der Waals surface area contributed by atoms with Gasteiger partial charge < -0.3 is 35.3 Å². The molecule has 11 nitrogen and oxygen atoms in total. The van der Waals surface area contributed by atoms with Gasteiger partial charge in [0.05, 0.1) is 16.9 Å². The van der Waals surface area contributed by atoms with E-state index in [9.17, 15) is 24.5 Å². The zero-order chi connectivity index (χ0) is 23.2. The second-order valence-corrected chi connectivity index (χ2v) is 7.65. The van der Waals surface area contributed by atoms with Gasteiger partial charge >= 0.3 is 5.97 Å². The monoisotopic (exact) mass is 453 g/mol. The third kappa shape index (κ3) is 3.96. The first kappa shape index (κ1) is 21.2. The number of nitrogens with zero attached hydrogens (tertiary/aromatic N) is 5. The van der Waals surface area contributed by atoms with Crippen molar-refractivity contribution in [1.82, 2.24) is 24.7 Å². The molecule has 1 aromatic carbocycles. The van der Waals surface area contributed by atoms with Crippen LogP contribution in [0, 0.1) is 5.82 Å². The van der Waals surface area contributed by atoms with Crippen LogP contribution in [0.25, 0.3) is 16.7 Å². The number of aliphatic hydroxyl groups is 3. The van der Waals surface area contributed by atoms with Gasteiger partial charge in [-0.2, -0.15) is 0 Å². The smallest absolute Gasteiger partial charge is 0.323 e. The third-order valence-corrected chi connectivity index (χ3v) is 5.41. The molecule has 5 N–H and O–H groups in total. The number of pyridine rings is 1. The number of amides is 1. The first-order valence-corrected chi connectivity index (χ1v) is 10.2. The van der Waals surface area contributed by atoms with Crippen LogP contribution in [0.15, 0.2) is 43.0 Å². The lowest BCUT2D eigenvalue weighted by Gasteiger charge is -2.30. The van der Waals surface area contributed by atoms with Crippen LogP contribution in [0.5, 0.6) is 0 Å². The quantitative estimate of drug-likeness (QED) is 0.273. The molecule has 0 atom stereocenters. The van der Waals surface area contributed by atoms with E-state index in [0.717, 1.165) is 48.5 Å². The number of anilines is 2. The van der Waals surface area contributed by atoms with Crippen molar-refractivity contribution in [3.63, 3.8) is 0 Å². The maximum atomic E-state index is 14.5. The summed E-state index contributed by atoms with van der Waals surface area (Å²) < 4.78 is 15.6. The van der Waals surface area contributed by atoms with Gasteiger partial charge in [0.15, 0.2) is 11.5 Å². The minimum absolute atomic E-state index is 0.0941. The molecule has 0 radical (unpaired) electrons. The second-order valence-electron chi connectivity index (χ2n) is 7.65. The zero-order valence-corrected chi connectivity index (χ0v) is 17.2. The van der Waals surface area contributed by atoms with Crippen molar-refractivity contribution in [3.05, 3.63) is 60.1 Å². The maximum absolute atomic E-state index is 14.5. The van der Waals surface area contributed by atoms with Crippen molar-refractivity contribution >= 4 is 34.0 Å². The summed E-state index contributed by atoms with van der Waals surface area (Å²) in [6.07, 6.45) is 5.45. The molecule has 0 bridgehead atoms. The van der Waals surface area contributed by atoms with Crippen molar-refractivity contribution < 1.29 is 24.5 Å². The van der Waals surface area contributed by atoms with E-state index in [1.54, 1.807) is 12.3 Å². The minimum atomic E-state index is -3.22. The summed E-state index contributed by atoms with van der Waals surface area (Å²) in [6, 6.07) is 4.53. The highest BCUT2D eigenvalue weighted by Crippen LogP contribution is 2.28. The van der Waals surface area contributed by atoms with Gasteiger partial charge in [-0.1, -0.05) is 0 Å². The van der Waals surface area contributed by atoms with Crippen molar-refractivity contribution in [2.75, 3.05) is 36.4 Å². The molecule has 4 heterocycles. The molecule has 0 spiro atoms. The normalized spacial score (nSPS) is 14.7. The van der Waals surface area contributed by atoms with E-state index in [4.69, 9.17) is 0 Å². The van der Waals surface area contributed by atoms with Gasteiger partial charge in [-0.25, -0.2) is 9.37 Å². The van der Waals surface area contributed by atoms with Crippen LogP contribution >= 0.6 is 0 Å². The molecule has 0 unspecified atom stereocenters. The number of hydrogen-bond donors (Lipinski definition) is 5. The fourth-order valence-electron chi connectivity index (χ4n) is 3.87. The highest BCUT2D eigenvalue weighted by atomic mass is 19.1. The highest BCUT2D eigenvalue weighted by Gasteiger charge is 2.27. The molecule has 170 valence electrons. The predicted octanol–water partition coefficient (Wildman–Crippen LogP) is 0.166. The summed E-state index contributed by atoms with van der Waals surface area (Å²) in [4.78, 5) is 27.7. The van der Waals surface area contributed by atoms with E-state index in [1.165, 1.54) is 12.4 Å². The van der Waals surface area contributed by atoms with Crippen LogP contribution in [0.2, 0.25) is 0 Å². The molecule has 1 amide bonds. The van der Waals surface area contributed by atoms with Crippen LogP contribution in [0.4, 0.5) is 15.8 Å². The Kier molecular flexibility index (Phi) is 5.13. The minimum Gasteiger partial charge on any atom is -0.367 e. The number of nitrogens with one attached hydrogen (secondary N) is 2. The average molecular weight is 453 g/mol. The van der Waals surface area contributed by atoms with Gasteiger partial charge in [-0.3, -0.25) is 14.8 Å². The molecule has 12 heteroatoms. The summed E-state index contributed by atoms with van der Waals surface area (Å²) >= 11 is 0. The van der Waals surface area contributed by atoms with Gasteiger partial charge in [-0.15, -0.1) is 0 Å². The van der Waals surface area contributed by atoms with Crippen molar-refractivity contribution in [1.29, 1.82) is 0 Å². The van der Waals surface area contributed by atoms with Crippen LogP contribution in [-0.4, -0.2) is 66.8 Å². The number of halogens is 1. The molecular formula is C21H20FN7O4. The van der Waals surface area contributed by atoms with Crippen LogP contribution in [0.3, 0.4) is 0 Å². The van der Waals surface area contributed by atoms with Crippen molar-refractivity contribution in [3.8, 4) is 0 Å². The van der Waals surface area contributed by atoms with E-state index in [1.807, 2.05) is 6.07 Å². The molecule has 0 aliphatic carbocycles. The number of imidazole rings is 1. The number of piperazine rings is 1. The number of aromatic nitrogens is 4. The zero-order valence-electron chi connectivity index (χ0n) is 17.2. The fourth-order valence-corrected chi connectivity index (χ4v) is 3.87. The van der Waals surface area contributed by atoms with Gasteiger partial charge in [0, 0.05) is 57.0 Å². The number of carbonyl (C=O) groups excluding carboxylic acids is 1. The standard InChI is InChI=1S/C21H20FN7O4/c22-14-9-12(10-29-11-16(21(31,32)33)27-19(14)29)26-20(30)13-1-2-15(28-7-5-23-6-8-28)18-17(13)24-3-4-25-18/h1-4,9-11,23,31-33H,5-8H2,(H,26,30). The molecule has 4 aromatic rings. The van der Waals surface area contributed by atoms with Crippen LogP contribution in [-0.2, 0) is 5.97 Å². The summed E-state index contributed by atoms with van der Waals surface area (Å²) in [6.45, 7) is 3.30. The topological polar surface area (TPSA) is 148 Å². The lowest BCUT2D eigenvalue weighted by atomic mass is 10.1. The molecule has 5 rings (SSSR count). The number of hydrogen-bond acceptors (Lipinski definition) is 9. The largest absolute Gasteiger partial charge is 0.367 e. The molecule has 1 aliphatic rings. The molecule has 1 aliphatic heterocycles. The van der Waals surface area contributed by atoms with Crippen LogP contribution in [0.1, 0.15) is 16.1 Å². The molecule has 1 saturated heterocycles. The van der Waals surface area contributed by atoms with Gasteiger partial charge in [-0.05, 0) is 12.1 Å². The third-order valence-electron chi connectivity index (χ3n) is 5.41. The molecule has 3 aromatic heterocycles. The van der Waals surface area contributed by atoms with E-state index in [0.29, 0.717) is 11.0 Å². The average Bonchev–Trinajstić information content (AvgIpc) is 3.24. The van der Waals surface area contributed by atoms with Crippen molar-refractivity contribution in [2.24, 2.45) is 0 Å². The Morgan fingerprint density at radius 2 is 1.82 bits per heavy atom. The number of carbonyl (C=O) groups is 1. The molecule has 1 fully saturated rings. The Labute approximate surface area is 186 Å². The first-order chi connectivity index (χ1) is 15.8. The summed E-state index contributed by atoms with van der Waals surface area (Å²) in [5.41, 5.74) is 1.45. The van der Waals surface area contributed by atoms with E-state index < -0.39 is 23.4 Å². The Balaban J connectivity index is 1.49. The van der Waals surface area contributed by atoms with E-state index >= 15 is 0 Å². The summed E-state index contributed by atoms with van der Waals surface area (Å²) in [5.74, 6) is -4.57. The van der Waals surface area contributed by atoms with Gasteiger partial charge in [0.25, 0.3) is 5.91 Å². The van der Waals surface area contributed by atoms with Crippen molar-refractivity contribution in [2.45, 2.75) is 5.97 Å². The lowest BCUT2D eigenvalue weighted by molar-refractivity contribution is -0.326. The SMILES string of the molecule is O=C(Nc1cc(F)c2nc(C(O)(O)O)cn2c1)c1ccc(N2CCNCC2)c2nccnc12. The number of benzene rings is 1. The van der Waals surface area contributed by atoms with E-state index in [2.05, 4.69) is 30.5 Å². The second kappa shape index (κ2) is 8.01. The Bertz CT molecular complexity index is 1360. The fraction of sp³-hybridized carbons (Fsp3) is 0.238. The van der Waals surface area contributed by atoms with Gasteiger partial charge in [0.1, 0.15) is 16.7 Å². The van der Waals surface area contributed by atoms with Gasteiger partial charge in [0.2, 0.25) is 0 Å². The maximum Gasteiger partial charge on any atom is 0.323 e. The molecule has 0 saturated carbocycles. The van der Waals surface area contributed by atoms with Crippen LogP contribution < -0.4 is 15.5 Å². The Hall–Kier alpha value is -3.71. The summed E-state index contributed by atoms with van der Waals surface area (Å²) in [5, 5.41) is 33.8. The highest BCUT2D eigenvalue weighted by molar-refractivity contribution is 6.13.